The summed E-state index contributed by atoms with van der Waals surface area (Å²) in [6.45, 7) is 1.21. The maximum absolute atomic E-state index is 12.7. The molecule has 0 bridgehead atoms. The average Bonchev–Trinajstić information content (AvgIpc) is 2.47. The molecule has 1 fully saturated rings. The van der Waals surface area contributed by atoms with Crippen LogP contribution < -0.4 is 5.32 Å². The lowest BCUT2D eigenvalue weighted by atomic mass is 10.00. The molecule has 1 aliphatic heterocycles. The van der Waals surface area contributed by atoms with E-state index < -0.39 is 16.0 Å². The highest BCUT2D eigenvalue weighted by Crippen LogP contribution is 2.27. The number of carboxylic acids is 1. The number of benzene rings is 1. The Morgan fingerprint density at radius 2 is 2.14 bits per heavy atom. The molecule has 1 atom stereocenters. The smallest absolute Gasteiger partial charge is 0.317 e. The van der Waals surface area contributed by atoms with Gasteiger partial charge in [0.25, 0.3) is 0 Å². The highest BCUT2D eigenvalue weighted by Gasteiger charge is 2.31. The summed E-state index contributed by atoms with van der Waals surface area (Å²) in [5.74, 6) is -0.818. The van der Waals surface area contributed by atoms with Crippen molar-refractivity contribution >= 4 is 27.6 Å². The minimum absolute atomic E-state index is 0.102. The number of nitrogens with zero attached hydrogens (tertiary/aromatic N) is 1. The zero-order chi connectivity index (χ0) is 16.2. The highest BCUT2D eigenvalue weighted by molar-refractivity contribution is 7.89. The first kappa shape index (κ1) is 17.2. The Bertz CT molecular complexity index is 635. The third-order valence-corrected chi connectivity index (χ3v) is 6.01. The predicted octanol–water partition coefficient (Wildman–Crippen LogP) is 1.41. The van der Waals surface area contributed by atoms with Crippen LogP contribution >= 0.6 is 11.6 Å². The van der Waals surface area contributed by atoms with Crippen LogP contribution in [0, 0.1) is 5.92 Å². The molecule has 2 rings (SSSR count). The summed E-state index contributed by atoms with van der Waals surface area (Å²) in [7, 11) is -3.61. The monoisotopic (exact) mass is 346 g/mol. The van der Waals surface area contributed by atoms with Gasteiger partial charge in [-0.3, -0.25) is 4.79 Å². The van der Waals surface area contributed by atoms with Crippen molar-refractivity contribution < 1.29 is 18.3 Å². The van der Waals surface area contributed by atoms with E-state index >= 15 is 0 Å². The summed E-state index contributed by atoms with van der Waals surface area (Å²) in [5.41, 5.74) is 0. The van der Waals surface area contributed by atoms with E-state index in [2.05, 4.69) is 5.32 Å². The molecule has 122 valence electrons. The van der Waals surface area contributed by atoms with E-state index in [4.69, 9.17) is 16.7 Å². The topological polar surface area (TPSA) is 86.7 Å². The number of sulfonamides is 1. The quantitative estimate of drug-likeness (QED) is 0.813. The van der Waals surface area contributed by atoms with Gasteiger partial charge in [-0.15, -0.1) is 0 Å². The molecule has 0 amide bonds. The second-order valence-electron chi connectivity index (χ2n) is 5.33. The maximum Gasteiger partial charge on any atom is 0.317 e. The fourth-order valence-electron chi connectivity index (χ4n) is 2.59. The lowest BCUT2D eigenvalue weighted by Crippen LogP contribution is -2.43. The van der Waals surface area contributed by atoms with Gasteiger partial charge in [-0.25, -0.2) is 8.42 Å². The van der Waals surface area contributed by atoms with E-state index in [0.29, 0.717) is 19.6 Å². The van der Waals surface area contributed by atoms with Gasteiger partial charge in [0, 0.05) is 13.1 Å². The fourth-order valence-corrected chi connectivity index (χ4v) is 4.64. The van der Waals surface area contributed by atoms with Crippen molar-refractivity contribution in [2.45, 2.75) is 17.7 Å². The SMILES string of the molecule is O=C(O)CNCC1CCCN(S(=O)(=O)c2ccccc2Cl)C1. The minimum Gasteiger partial charge on any atom is -0.480 e. The Labute approximate surface area is 135 Å². The Hall–Kier alpha value is -1.15. The van der Waals surface area contributed by atoms with Crippen molar-refractivity contribution in [3.63, 3.8) is 0 Å². The molecule has 6 nitrogen and oxygen atoms in total. The Kier molecular flexibility index (Phi) is 5.80. The molecule has 1 saturated heterocycles. The zero-order valence-electron chi connectivity index (χ0n) is 12.0. The van der Waals surface area contributed by atoms with Crippen molar-refractivity contribution in [1.29, 1.82) is 0 Å². The van der Waals surface area contributed by atoms with Gasteiger partial charge in [-0.1, -0.05) is 23.7 Å². The molecule has 1 unspecified atom stereocenters. The Morgan fingerprint density at radius 3 is 2.82 bits per heavy atom. The molecule has 0 spiro atoms. The molecule has 1 aliphatic rings. The highest BCUT2D eigenvalue weighted by atomic mass is 35.5. The lowest BCUT2D eigenvalue weighted by Gasteiger charge is -2.32. The molecule has 0 radical (unpaired) electrons. The Morgan fingerprint density at radius 1 is 1.41 bits per heavy atom. The number of carbonyl (C=O) groups is 1. The van der Waals surface area contributed by atoms with Crippen LogP contribution in [0.5, 0.6) is 0 Å². The predicted molar refractivity (Wildman–Crippen MR) is 83.4 cm³/mol. The fraction of sp³-hybridized carbons (Fsp3) is 0.500. The van der Waals surface area contributed by atoms with E-state index in [1.807, 2.05) is 0 Å². The standard InChI is InChI=1S/C14H19ClN2O4S/c15-12-5-1-2-6-13(12)22(20,21)17-7-3-4-11(10-17)8-16-9-14(18)19/h1-2,5-6,11,16H,3-4,7-10H2,(H,18,19). The zero-order valence-corrected chi connectivity index (χ0v) is 13.6. The summed E-state index contributed by atoms with van der Waals surface area (Å²) in [5, 5.41) is 11.7. The molecule has 0 saturated carbocycles. The van der Waals surface area contributed by atoms with Gasteiger partial charge < -0.3 is 10.4 Å². The van der Waals surface area contributed by atoms with Crippen molar-refractivity contribution in [3.05, 3.63) is 29.3 Å². The number of nitrogens with one attached hydrogen (secondary N) is 1. The molecule has 1 heterocycles. The number of halogens is 1. The van der Waals surface area contributed by atoms with E-state index in [1.165, 1.54) is 10.4 Å². The lowest BCUT2D eigenvalue weighted by molar-refractivity contribution is -0.136. The van der Waals surface area contributed by atoms with Gasteiger partial charge >= 0.3 is 5.97 Å². The third kappa shape index (κ3) is 4.19. The third-order valence-electron chi connectivity index (χ3n) is 3.65. The first-order valence-corrected chi connectivity index (χ1v) is 8.90. The second-order valence-corrected chi connectivity index (χ2v) is 7.64. The number of hydrogen-bond acceptors (Lipinski definition) is 4. The van der Waals surface area contributed by atoms with Gasteiger partial charge in [0.1, 0.15) is 4.90 Å². The Balaban J connectivity index is 2.05. The summed E-state index contributed by atoms with van der Waals surface area (Å²) in [4.78, 5) is 10.6. The van der Waals surface area contributed by atoms with Crippen molar-refractivity contribution in [3.8, 4) is 0 Å². The van der Waals surface area contributed by atoms with Crippen LogP contribution in [0.4, 0.5) is 0 Å². The van der Waals surface area contributed by atoms with Crippen molar-refractivity contribution in [2.75, 3.05) is 26.2 Å². The molecule has 1 aromatic carbocycles. The molecule has 0 aromatic heterocycles. The van der Waals surface area contributed by atoms with Crippen molar-refractivity contribution in [2.24, 2.45) is 5.92 Å². The summed E-state index contributed by atoms with van der Waals surface area (Å²) >= 11 is 6.00. The molecule has 8 heteroatoms. The number of piperidine rings is 1. The molecule has 22 heavy (non-hydrogen) atoms. The first-order chi connectivity index (χ1) is 10.4. The van der Waals surface area contributed by atoms with Crippen molar-refractivity contribution in [1.82, 2.24) is 9.62 Å². The van der Waals surface area contributed by atoms with Gasteiger partial charge in [-0.2, -0.15) is 4.31 Å². The number of aliphatic carboxylic acids is 1. The minimum atomic E-state index is -3.61. The normalized spacial score (nSPS) is 20.0. The number of hydrogen-bond donors (Lipinski definition) is 2. The van der Waals surface area contributed by atoms with Gasteiger partial charge in [0.2, 0.25) is 10.0 Å². The van der Waals surface area contributed by atoms with Crippen LogP contribution in [0.25, 0.3) is 0 Å². The summed E-state index contributed by atoms with van der Waals surface area (Å²) in [6, 6.07) is 6.40. The van der Waals surface area contributed by atoms with Crippen LogP contribution in [0.2, 0.25) is 5.02 Å². The van der Waals surface area contributed by atoms with E-state index in [0.717, 1.165) is 12.8 Å². The van der Waals surface area contributed by atoms with Crippen LogP contribution in [0.1, 0.15) is 12.8 Å². The molecule has 2 N–H and O–H groups in total. The molecular weight excluding hydrogens is 328 g/mol. The number of rotatable bonds is 6. The maximum atomic E-state index is 12.7. The van der Waals surface area contributed by atoms with Crippen LogP contribution in [-0.4, -0.2) is 50.0 Å². The molecular formula is C14H19ClN2O4S. The number of carboxylic acid groups (broad SMARTS) is 1. The van der Waals surface area contributed by atoms with Crippen LogP contribution in [-0.2, 0) is 14.8 Å². The second kappa shape index (κ2) is 7.41. The molecule has 1 aromatic rings. The average molecular weight is 347 g/mol. The summed E-state index contributed by atoms with van der Waals surface area (Å²) < 4.78 is 26.8. The van der Waals surface area contributed by atoms with E-state index in [9.17, 15) is 13.2 Å². The van der Waals surface area contributed by atoms with E-state index in [1.54, 1.807) is 18.2 Å². The van der Waals surface area contributed by atoms with E-state index in [-0.39, 0.29) is 22.4 Å². The molecule has 0 aliphatic carbocycles. The summed E-state index contributed by atoms with van der Waals surface area (Å²) in [6.07, 6.45) is 1.63. The van der Waals surface area contributed by atoms with Crippen LogP contribution in [0.15, 0.2) is 29.2 Å². The van der Waals surface area contributed by atoms with Crippen LogP contribution in [0.3, 0.4) is 0 Å². The first-order valence-electron chi connectivity index (χ1n) is 7.08. The van der Waals surface area contributed by atoms with Gasteiger partial charge in [0.15, 0.2) is 0 Å². The van der Waals surface area contributed by atoms with Gasteiger partial charge in [-0.05, 0) is 37.4 Å². The van der Waals surface area contributed by atoms with Gasteiger partial charge in [0.05, 0.1) is 11.6 Å². The largest absolute Gasteiger partial charge is 0.480 e.